The van der Waals surface area contributed by atoms with Gasteiger partial charge in [0, 0.05) is 17.5 Å². The van der Waals surface area contributed by atoms with Crippen LogP contribution in [0.1, 0.15) is 5.56 Å². The molecule has 1 aromatic carbocycles. The van der Waals surface area contributed by atoms with Crippen molar-refractivity contribution in [1.82, 2.24) is 0 Å². The molecule has 2 nitrogen and oxygen atoms in total. The number of phenolic OH excluding ortho intramolecular Hbond substituents is 1. The van der Waals surface area contributed by atoms with E-state index in [1.807, 2.05) is 6.92 Å². The lowest BCUT2D eigenvalue weighted by atomic mass is 10.2. The summed E-state index contributed by atoms with van der Waals surface area (Å²) < 4.78 is 0. The Morgan fingerprint density at radius 3 is 2.70 bits per heavy atom. The third-order valence-electron chi connectivity index (χ3n) is 1.31. The highest BCUT2D eigenvalue weighted by atomic mass is 35.5. The van der Waals surface area contributed by atoms with Gasteiger partial charge in [0.05, 0.1) is 0 Å². The number of hydrogen-bond donors (Lipinski definition) is 2. The van der Waals surface area contributed by atoms with Gasteiger partial charge in [-0.25, -0.2) is 0 Å². The molecule has 0 aliphatic carbocycles. The Bertz CT molecular complexity index is 237. The van der Waals surface area contributed by atoms with E-state index in [0.29, 0.717) is 0 Å². The van der Waals surface area contributed by atoms with Crippen LogP contribution in [0, 0.1) is 6.92 Å². The van der Waals surface area contributed by atoms with Crippen LogP contribution in [0.4, 0.5) is 5.69 Å². The summed E-state index contributed by atoms with van der Waals surface area (Å²) in [6.45, 7) is 1.81. The van der Waals surface area contributed by atoms with Crippen molar-refractivity contribution in [3.63, 3.8) is 0 Å². The molecule has 0 aliphatic rings. The van der Waals surface area contributed by atoms with Gasteiger partial charge in [0.2, 0.25) is 0 Å². The molecule has 2 N–H and O–H groups in total. The van der Waals surface area contributed by atoms with Crippen molar-refractivity contribution in [2.24, 2.45) is 0 Å². The van der Waals surface area contributed by atoms with E-state index in [-0.39, 0.29) is 5.75 Å². The molecule has 54 valence electrons. The first-order chi connectivity index (χ1) is 4.74. The first-order valence-electron chi connectivity index (χ1n) is 2.90. The summed E-state index contributed by atoms with van der Waals surface area (Å²) in [7, 11) is 0. The Morgan fingerprint density at radius 1 is 1.50 bits per heavy atom. The normalized spacial score (nSPS) is 9.40. The maximum atomic E-state index is 9.07. The van der Waals surface area contributed by atoms with E-state index in [9.17, 15) is 0 Å². The van der Waals surface area contributed by atoms with Gasteiger partial charge < -0.3 is 5.11 Å². The summed E-state index contributed by atoms with van der Waals surface area (Å²) in [6.07, 6.45) is 0. The van der Waals surface area contributed by atoms with Crippen LogP contribution in [0.25, 0.3) is 0 Å². The molecule has 1 aromatic rings. The molecular weight excluding hydrogens is 150 g/mol. The first-order valence-corrected chi connectivity index (χ1v) is 3.28. The van der Waals surface area contributed by atoms with E-state index in [1.165, 1.54) is 0 Å². The molecular formula is C7H8ClNO. The van der Waals surface area contributed by atoms with Gasteiger partial charge in [-0.05, 0) is 30.7 Å². The minimum atomic E-state index is 0.288. The van der Waals surface area contributed by atoms with Crippen molar-refractivity contribution < 1.29 is 5.11 Å². The van der Waals surface area contributed by atoms with Crippen molar-refractivity contribution in [1.29, 1.82) is 0 Å². The number of hydrogen-bond acceptors (Lipinski definition) is 2. The molecule has 1 rings (SSSR count). The van der Waals surface area contributed by atoms with E-state index in [0.717, 1.165) is 11.3 Å². The lowest BCUT2D eigenvalue weighted by Gasteiger charge is -2.00. The zero-order chi connectivity index (χ0) is 7.56. The molecule has 10 heavy (non-hydrogen) atoms. The molecule has 3 heteroatoms. The molecule has 0 bridgehead atoms. The number of phenols is 1. The SMILES string of the molecule is Cc1cc(NCl)ccc1O. The molecule has 0 heterocycles. The fourth-order valence-corrected chi connectivity index (χ4v) is 0.832. The van der Waals surface area contributed by atoms with Gasteiger partial charge in [-0.1, -0.05) is 0 Å². The van der Waals surface area contributed by atoms with Gasteiger partial charge in [-0.2, -0.15) is 0 Å². The lowest BCUT2D eigenvalue weighted by molar-refractivity contribution is 0.471. The van der Waals surface area contributed by atoms with Crippen molar-refractivity contribution >= 4 is 17.5 Å². The van der Waals surface area contributed by atoms with Gasteiger partial charge in [0.1, 0.15) is 5.75 Å². The van der Waals surface area contributed by atoms with E-state index < -0.39 is 0 Å². The minimum Gasteiger partial charge on any atom is -0.508 e. The Kier molecular flexibility index (Phi) is 2.02. The monoisotopic (exact) mass is 157 g/mol. The summed E-state index contributed by atoms with van der Waals surface area (Å²) in [6, 6.07) is 5.07. The number of rotatable bonds is 1. The molecule has 0 saturated heterocycles. The van der Waals surface area contributed by atoms with Crippen LogP contribution in [0.5, 0.6) is 5.75 Å². The zero-order valence-corrected chi connectivity index (χ0v) is 6.31. The van der Waals surface area contributed by atoms with Gasteiger partial charge in [-0.15, -0.1) is 0 Å². The molecule has 0 unspecified atom stereocenters. The van der Waals surface area contributed by atoms with E-state index >= 15 is 0 Å². The summed E-state index contributed by atoms with van der Waals surface area (Å²) in [5, 5.41) is 9.07. The van der Waals surface area contributed by atoms with Crippen LogP contribution in [-0.2, 0) is 0 Å². The third-order valence-corrected chi connectivity index (χ3v) is 1.52. The average molecular weight is 158 g/mol. The Hall–Kier alpha value is -0.890. The quantitative estimate of drug-likeness (QED) is 0.484. The zero-order valence-electron chi connectivity index (χ0n) is 5.56. The molecule has 0 aliphatic heterocycles. The fraction of sp³-hybridized carbons (Fsp3) is 0.143. The van der Waals surface area contributed by atoms with Gasteiger partial charge in [0.25, 0.3) is 0 Å². The highest BCUT2D eigenvalue weighted by Gasteiger charge is 1.94. The standard InChI is InChI=1S/C7H8ClNO/c1-5-4-6(9-8)2-3-7(5)10/h2-4,9-10H,1H3. The molecule has 0 saturated carbocycles. The largest absolute Gasteiger partial charge is 0.508 e. The van der Waals surface area contributed by atoms with Crippen molar-refractivity contribution in [2.75, 3.05) is 4.84 Å². The van der Waals surface area contributed by atoms with Crippen molar-refractivity contribution in [2.45, 2.75) is 6.92 Å². The number of benzene rings is 1. The lowest BCUT2D eigenvalue weighted by Crippen LogP contribution is -1.80. The Balaban J connectivity index is 3.04. The van der Waals surface area contributed by atoms with Crippen LogP contribution >= 0.6 is 11.8 Å². The smallest absolute Gasteiger partial charge is 0.118 e. The van der Waals surface area contributed by atoms with E-state index in [1.54, 1.807) is 18.2 Å². The van der Waals surface area contributed by atoms with Crippen LogP contribution in [0.3, 0.4) is 0 Å². The molecule has 0 atom stereocenters. The maximum Gasteiger partial charge on any atom is 0.118 e. The Morgan fingerprint density at radius 2 is 2.20 bits per heavy atom. The third kappa shape index (κ3) is 1.33. The summed E-state index contributed by atoms with van der Waals surface area (Å²) >= 11 is 5.32. The number of nitrogens with one attached hydrogen (secondary N) is 1. The molecule has 0 radical (unpaired) electrons. The maximum absolute atomic E-state index is 9.07. The molecule has 0 amide bonds. The van der Waals surface area contributed by atoms with E-state index in [4.69, 9.17) is 16.9 Å². The molecule has 0 spiro atoms. The number of halogens is 1. The summed E-state index contributed by atoms with van der Waals surface area (Å²) in [5.41, 5.74) is 1.60. The van der Waals surface area contributed by atoms with Crippen molar-refractivity contribution in [3.8, 4) is 5.75 Å². The second-order valence-electron chi connectivity index (χ2n) is 2.10. The number of aromatic hydroxyl groups is 1. The minimum absolute atomic E-state index is 0.288. The fourth-order valence-electron chi connectivity index (χ4n) is 0.714. The second-order valence-corrected chi connectivity index (χ2v) is 2.28. The highest BCUT2D eigenvalue weighted by molar-refractivity contribution is 6.23. The molecule has 0 fully saturated rings. The van der Waals surface area contributed by atoms with Crippen LogP contribution in [0.2, 0.25) is 0 Å². The predicted molar refractivity (Wildman–Crippen MR) is 42.3 cm³/mol. The molecule has 0 aromatic heterocycles. The highest BCUT2D eigenvalue weighted by Crippen LogP contribution is 2.20. The van der Waals surface area contributed by atoms with Crippen LogP contribution < -0.4 is 4.84 Å². The van der Waals surface area contributed by atoms with Crippen molar-refractivity contribution in [3.05, 3.63) is 23.8 Å². The van der Waals surface area contributed by atoms with Gasteiger partial charge in [0.15, 0.2) is 0 Å². The second kappa shape index (κ2) is 2.80. The van der Waals surface area contributed by atoms with E-state index in [2.05, 4.69) is 4.84 Å². The topological polar surface area (TPSA) is 32.3 Å². The average Bonchev–Trinajstić information content (AvgIpc) is 1.95. The van der Waals surface area contributed by atoms with Gasteiger partial charge >= 0.3 is 0 Å². The summed E-state index contributed by atoms with van der Waals surface area (Å²) in [5.74, 6) is 0.288. The van der Waals surface area contributed by atoms with Crippen LogP contribution in [-0.4, -0.2) is 5.11 Å². The number of aryl methyl sites for hydroxylation is 1. The summed E-state index contributed by atoms with van der Waals surface area (Å²) in [4.78, 5) is 2.46. The Labute approximate surface area is 64.6 Å². The first kappa shape index (κ1) is 7.22. The van der Waals surface area contributed by atoms with Crippen LogP contribution in [0.15, 0.2) is 18.2 Å². The predicted octanol–water partition coefficient (Wildman–Crippen LogP) is 2.27. The number of anilines is 1. The van der Waals surface area contributed by atoms with Gasteiger partial charge in [-0.3, -0.25) is 4.84 Å².